The molecule has 0 aliphatic rings. The van der Waals surface area contributed by atoms with Crippen molar-refractivity contribution in [3.63, 3.8) is 0 Å². The van der Waals surface area contributed by atoms with Crippen LogP contribution in [0, 0.1) is 0 Å². The second kappa shape index (κ2) is 10.1. The van der Waals surface area contributed by atoms with Crippen molar-refractivity contribution in [1.82, 2.24) is 10.6 Å². The van der Waals surface area contributed by atoms with Gasteiger partial charge in [-0.15, -0.1) is 11.6 Å². The number of nitrogens with one attached hydrogen (secondary N) is 3. The predicted octanol–water partition coefficient (Wildman–Crippen LogP) is 0.975. The van der Waals surface area contributed by atoms with Crippen molar-refractivity contribution in [2.24, 2.45) is 5.73 Å². The minimum Gasteiger partial charge on any atom is -0.384 e. The molecule has 1 aromatic rings. The van der Waals surface area contributed by atoms with Gasteiger partial charge in [0.1, 0.15) is 0 Å². The second-order valence-electron chi connectivity index (χ2n) is 4.03. The van der Waals surface area contributed by atoms with Crippen LogP contribution in [-0.4, -0.2) is 38.6 Å². The summed E-state index contributed by atoms with van der Waals surface area (Å²) in [6.07, 6.45) is 0. The van der Waals surface area contributed by atoms with Gasteiger partial charge in [-0.2, -0.15) is 0 Å². The molecule has 5 N–H and O–H groups in total. The van der Waals surface area contributed by atoms with E-state index in [2.05, 4.69) is 40.2 Å². The molecule has 1 rings (SSSR count). The first-order valence-electron chi connectivity index (χ1n) is 6.37. The van der Waals surface area contributed by atoms with Crippen LogP contribution < -0.4 is 21.7 Å². The van der Waals surface area contributed by atoms with Crippen molar-refractivity contribution < 1.29 is 0 Å². The van der Waals surface area contributed by atoms with Crippen molar-refractivity contribution in [3.05, 3.63) is 29.8 Å². The molecule has 0 aliphatic carbocycles. The molecule has 0 heterocycles. The van der Waals surface area contributed by atoms with E-state index in [0.29, 0.717) is 12.4 Å². The van der Waals surface area contributed by atoms with E-state index in [-0.39, 0.29) is 0 Å². The maximum atomic E-state index is 5.62. The lowest BCUT2D eigenvalue weighted by atomic mass is 10.2. The van der Waals surface area contributed by atoms with Gasteiger partial charge in [-0.1, -0.05) is 12.1 Å². The van der Waals surface area contributed by atoms with Crippen LogP contribution in [0.25, 0.3) is 0 Å². The second-order valence-corrected chi connectivity index (χ2v) is 4.41. The van der Waals surface area contributed by atoms with Gasteiger partial charge in [-0.05, 0) is 17.7 Å². The Kier molecular flexibility index (Phi) is 8.59. The van der Waals surface area contributed by atoms with E-state index in [9.17, 15) is 0 Å². The fraction of sp³-hybridized carbons (Fsp3) is 0.538. The third-order valence-electron chi connectivity index (χ3n) is 2.51. The molecule has 0 amide bonds. The standard InChI is InChI=1S/C13H23ClN4/c14-5-7-18-13-3-1-12(2-4-13)11-17-10-9-16-8-6-15/h1-4,16-18H,5-11,15H2. The Morgan fingerprint density at radius 1 is 0.944 bits per heavy atom. The van der Waals surface area contributed by atoms with Gasteiger partial charge < -0.3 is 21.7 Å². The smallest absolute Gasteiger partial charge is 0.0396 e. The van der Waals surface area contributed by atoms with Crippen LogP contribution in [0.1, 0.15) is 5.56 Å². The molecule has 0 unspecified atom stereocenters. The number of hydrogen-bond acceptors (Lipinski definition) is 4. The zero-order valence-electron chi connectivity index (χ0n) is 10.7. The van der Waals surface area contributed by atoms with Crippen LogP contribution in [0.15, 0.2) is 24.3 Å². The minimum atomic E-state index is 0.624. The fourth-order valence-electron chi connectivity index (χ4n) is 1.57. The highest BCUT2D eigenvalue weighted by molar-refractivity contribution is 6.18. The molecule has 1 aromatic carbocycles. The van der Waals surface area contributed by atoms with Crippen LogP contribution in [0.5, 0.6) is 0 Å². The summed E-state index contributed by atoms with van der Waals surface area (Å²) in [6, 6.07) is 8.40. The van der Waals surface area contributed by atoms with Gasteiger partial charge in [0.25, 0.3) is 0 Å². The van der Waals surface area contributed by atoms with Crippen LogP contribution in [0.4, 0.5) is 5.69 Å². The van der Waals surface area contributed by atoms with E-state index in [1.54, 1.807) is 0 Å². The summed E-state index contributed by atoms with van der Waals surface area (Å²) >= 11 is 5.62. The molecule has 0 aliphatic heterocycles. The number of anilines is 1. The van der Waals surface area contributed by atoms with Gasteiger partial charge in [-0.3, -0.25) is 0 Å². The maximum Gasteiger partial charge on any atom is 0.0396 e. The Morgan fingerprint density at radius 3 is 2.33 bits per heavy atom. The van der Waals surface area contributed by atoms with E-state index >= 15 is 0 Å². The quantitative estimate of drug-likeness (QED) is 0.378. The van der Waals surface area contributed by atoms with Crippen molar-refractivity contribution in [2.45, 2.75) is 6.54 Å². The lowest BCUT2D eigenvalue weighted by Gasteiger charge is -2.08. The summed E-state index contributed by atoms with van der Waals surface area (Å²) in [5.41, 5.74) is 7.78. The zero-order valence-corrected chi connectivity index (χ0v) is 11.5. The normalized spacial score (nSPS) is 10.6. The maximum absolute atomic E-state index is 5.62. The lowest BCUT2D eigenvalue weighted by Crippen LogP contribution is -2.30. The molecule has 0 saturated heterocycles. The number of hydrogen-bond donors (Lipinski definition) is 4. The topological polar surface area (TPSA) is 62.1 Å². The highest BCUT2D eigenvalue weighted by Crippen LogP contribution is 2.08. The fourth-order valence-corrected chi connectivity index (χ4v) is 1.66. The summed E-state index contributed by atoms with van der Waals surface area (Å²) in [4.78, 5) is 0. The molecule has 0 bridgehead atoms. The monoisotopic (exact) mass is 270 g/mol. The van der Waals surface area contributed by atoms with E-state index < -0.39 is 0 Å². The van der Waals surface area contributed by atoms with E-state index in [0.717, 1.165) is 38.4 Å². The molecule has 0 spiro atoms. The van der Waals surface area contributed by atoms with Crippen molar-refractivity contribution >= 4 is 17.3 Å². The molecule has 0 fully saturated rings. The molecule has 102 valence electrons. The van der Waals surface area contributed by atoms with Gasteiger partial charge >= 0.3 is 0 Å². The average Bonchev–Trinajstić information content (AvgIpc) is 2.42. The Morgan fingerprint density at radius 2 is 1.67 bits per heavy atom. The van der Waals surface area contributed by atoms with Crippen LogP contribution in [0.3, 0.4) is 0 Å². The molecule has 0 aromatic heterocycles. The summed E-state index contributed by atoms with van der Waals surface area (Å²) in [5.74, 6) is 0.624. The van der Waals surface area contributed by atoms with Crippen LogP contribution in [-0.2, 0) is 6.54 Å². The van der Waals surface area contributed by atoms with Crippen molar-refractivity contribution in [1.29, 1.82) is 0 Å². The van der Waals surface area contributed by atoms with Gasteiger partial charge in [-0.25, -0.2) is 0 Å². The third kappa shape index (κ3) is 6.81. The van der Waals surface area contributed by atoms with Crippen LogP contribution in [0.2, 0.25) is 0 Å². The molecular weight excluding hydrogens is 248 g/mol. The molecule has 5 heteroatoms. The largest absolute Gasteiger partial charge is 0.384 e. The predicted molar refractivity (Wildman–Crippen MR) is 79.3 cm³/mol. The highest BCUT2D eigenvalue weighted by atomic mass is 35.5. The van der Waals surface area contributed by atoms with Crippen molar-refractivity contribution in [3.8, 4) is 0 Å². The number of alkyl halides is 1. The zero-order chi connectivity index (χ0) is 13.1. The molecule has 0 atom stereocenters. The summed E-state index contributed by atoms with van der Waals surface area (Å²) < 4.78 is 0. The molecular formula is C13H23ClN4. The van der Waals surface area contributed by atoms with E-state index in [1.807, 2.05) is 0 Å². The number of rotatable bonds is 10. The van der Waals surface area contributed by atoms with Gasteiger partial charge in [0.15, 0.2) is 0 Å². The SMILES string of the molecule is NCCNCCNCc1ccc(NCCCl)cc1. The van der Waals surface area contributed by atoms with E-state index in [4.69, 9.17) is 17.3 Å². The van der Waals surface area contributed by atoms with Crippen LogP contribution >= 0.6 is 11.6 Å². The molecule has 4 nitrogen and oxygen atoms in total. The lowest BCUT2D eigenvalue weighted by molar-refractivity contribution is 0.615. The first-order valence-corrected chi connectivity index (χ1v) is 6.90. The first-order chi connectivity index (χ1) is 8.86. The Labute approximate surface area is 114 Å². The summed E-state index contributed by atoms with van der Waals surface area (Å²) in [5, 5.41) is 9.86. The van der Waals surface area contributed by atoms with Gasteiger partial charge in [0.05, 0.1) is 0 Å². The summed E-state index contributed by atoms with van der Waals surface area (Å²) in [7, 11) is 0. The summed E-state index contributed by atoms with van der Waals surface area (Å²) in [6.45, 7) is 5.16. The highest BCUT2D eigenvalue weighted by Gasteiger charge is 1.94. The van der Waals surface area contributed by atoms with E-state index in [1.165, 1.54) is 5.56 Å². The third-order valence-corrected chi connectivity index (χ3v) is 2.70. The van der Waals surface area contributed by atoms with Crippen molar-refractivity contribution in [2.75, 3.05) is 43.9 Å². The number of benzene rings is 1. The van der Waals surface area contributed by atoms with Gasteiger partial charge in [0, 0.05) is 50.8 Å². The Balaban J connectivity index is 2.14. The Hall–Kier alpha value is -0.810. The molecule has 18 heavy (non-hydrogen) atoms. The number of nitrogens with two attached hydrogens (primary N) is 1. The minimum absolute atomic E-state index is 0.624. The first kappa shape index (κ1) is 15.2. The Bertz CT molecular complexity index is 302. The van der Waals surface area contributed by atoms with Gasteiger partial charge in [0.2, 0.25) is 0 Å². The molecule has 0 saturated carbocycles. The molecule has 0 radical (unpaired) electrons. The average molecular weight is 271 g/mol. The number of halogens is 1.